The topological polar surface area (TPSA) is 54.5 Å². The van der Waals surface area contributed by atoms with Crippen LogP contribution in [0.2, 0.25) is 0 Å². The highest BCUT2D eigenvalue weighted by molar-refractivity contribution is 7.91. The Labute approximate surface area is 124 Å². The third-order valence-corrected chi connectivity index (χ3v) is 5.76. The van der Waals surface area contributed by atoms with Gasteiger partial charge in [-0.25, -0.2) is 12.8 Å². The monoisotopic (exact) mass is 313 g/mol. The van der Waals surface area contributed by atoms with Gasteiger partial charge in [0.2, 0.25) is 0 Å². The van der Waals surface area contributed by atoms with Gasteiger partial charge < -0.3 is 4.90 Å². The van der Waals surface area contributed by atoms with Crippen LogP contribution in [0, 0.1) is 5.82 Å². The summed E-state index contributed by atoms with van der Waals surface area (Å²) in [5, 5.41) is -0.534. The maximum atomic E-state index is 13.2. The van der Waals surface area contributed by atoms with Gasteiger partial charge in [0.15, 0.2) is 9.84 Å². The van der Waals surface area contributed by atoms with Crippen molar-refractivity contribution in [3.05, 3.63) is 35.6 Å². The number of halogens is 1. The fraction of sp³-hybridized carbons (Fsp3) is 0.533. The van der Waals surface area contributed by atoms with Gasteiger partial charge in [-0.05, 0) is 31.0 Å². The molecule has 4 nitrogen and oxygen atoms in total. The number of carbonyl (C=O) groups is 1. The average Bonchev–Trinajstić information content (AvgIpc) is 2.45. The standard InChI is InChI=1S/C15H20FNO3S/c1-17(15(18)11-6-5-7-12(16)10-11)13-8-3-4-9-14(13)21(2,19)20/h5-7,10,13-14H,3-4,8-9H2,1-2H3/t13-,14+/m0/s1. The van der Waals surface area contributed by atoms with E-state index in [9.17, 15) is 17.6 Å². The Hall–Kier alpha value is -1.43. The van der Waals surface area contributed by atoms with Crippen molar-refractivity contribution < 1.29 is 17.6 Å². The Morgan fingerprint density at radius 3 is 2.57 bits per heavy atom. The molecule has 0 heterocycles. The molecule has 0 saturated heterocycles. The lowest BCUT2D eigenvalue weighted by molar-refractivity contribution is 0.0700. The van der Waals surface area contributed by atoms with Crippen LogP contribution in [-0.2, 0) is 9.84 Å². The number of amides is 1. The number of hydrogen-bond acceptors (Lipinski definition) is 3. The van der Waals surface area contributed by atoms with Crippen LogP contribution < -0.4 is 0 Å². The van der Waals surface area contributed by atoms with Crippen LogP contribution in [0.25, 0.3) is 0 Å². The van der Waals surface area contributed by atoms with Gasteiger partial charge in [-0.15, -0.1) is 0 Å². The van der Waals surface area contributed by atoms with Crippen LogP contribution in [0.1, 0.15) is 36.0 Å². The van der Waals surface area contributed by atoms with Gasteiger partial charge in [0.1, 0.15) is 5.82 Å². The lowest BCUT2D eigenvalue weighted by Gasteiger charge is -2.37. The molecular weight excluding hydrogens is 293 g/mol. The number of nitrogens with zero attached hydrogens (tertiary/aromatic N) is 1. The molecule has 1 aliphatic carbocycles. The van der Waals surface area contributed by atoms with Crippen molar-refractivity contribution >= 4 is 15.7 Å². The summed E-state index contributed by atoms with van der Waals surface area (Å²) in [5.74, 6) is -0.812. The molecule has 0 aromatic heterocycles. The maximum Gasteiger partial charge on any atom is 0.253 e. The number of hydrogen-bond donors (Lipinski definition) is 0. The third-order valence-electron chi connectivity index (χ3n) is 4.11. The molecular formula is C15H20FNO3S. The molecule has 116 valence electrons. The van der Waals surface area contributed by atoms with E-state index in [4.69, 9.17) is 0 Å². The minimum Gasteiger partial charge on any atom is -0.337 e. The van der Waals surface area contributed by atoms with E-state index in [1.54, 1.807) is 13.1 Å². The van der Waals surface area contributed by atoms with Crippen LogP contribution >= 0.6 is 0 Å². The predicted octanol–water partition coefficient (Wildman–Crippen LogP) is 2.25. The minimum absolute atomic E-state index is 0.246. The molecule has 21 heavy (non-hydrogen) atoms. The van der Waals surface area contributed by atoms with Crippen molar-refractivity contribution in [3.63, 3.8) is 0 Å². The summed E-state index contributed by atoms with van der Waals surface area (Å²) in [6.45, 7) is 0. The second kappa shape index (κ2) is 6.13. The highest BCUT2D eigenvalue weighted by Crippen LogP contribution is 2.28. The van der Waals surface area contributed by atoms with Crippen molar-refractivity contribution in [3.8, 4) is 0 Å². The molecule has 0 N–H and O–H groups in total. The molecule has 2 atom stereocenters. The molecule has 0 bridgehead atoms. The summed E-state index contributed by atoms with van der Waals surface area (Å²) < 4.78 is 37.1. The Morgan fingerprint density at radius 2 is 1.95 bits per heavy atom. The van der Waals surface area contributed by atoms with Crippen molar-refractivity contribution in [1.82, 2.24) is 4.90 Å². The summed E-state index contributed by atoms with van der Waals surface area (Å²) in [4.78, 5) is 13.9. The molecule has 1 aromatic carbocycles. The highest BCUT2D eigenvalue weighted by atomic mass is 32.2. The van der Waals surface area contributed by atoms with Gasteiger partial charge in [-0.2, -0.15) is 0 Å². The molecule has 0 unspecified atom stereocenters. The van der Waals surface area contributed by atoms with Gasteiger partial charge >= 0.3 is 0 Å². The van der Waals surface area contributed by atoms with E-state index in [0.717, 1.165) is 12.8 Å². The first-order chi connectivity index (χ1) is 9.80. The Morgan fingerprint density at radius 1 is 1.29 bits per heavy atom. The zero-order chi connectivity index (χ0) is 15.6. The van der Waals surface area contributed by atoms with E-state index < -0.39 is 20.9 Å². The van der Waals surface area contributed by atoms with Crippen LogP contribution in [0.4, 0.5) is 4.39 Å². The molecule has 1 fully saturated rings. The summed E-state index contributed by atoms with van der Waals surface area (Å²) in [7, 11) is -1.61. The molecule has 0 aliphatic heterocycles. The molecule has 1 saturated carbocycles. The van der Waals surface area contributed by atoms with Crippen LogP contribution in [0.15, 0.2) is 24.3 Å². The van der Waals surface area contributed by atoms with E-state index in [1.807, 2.05) is 0 Å². The quantitative estimate of drug-likeness (QED) is 0.860. The lowest BCUT2D eigenvalue weighted by Crippen LogP contribution is -2.49. The average molecular weight is 313 g/mol. The molecule has 1 aromatic rings. The van der Waals surface area contributed by atoms with Crippen molar-refractivity contribution in [1.29, 1.82) is 0 Å². The first-order valence-corrected chi connectivity index (χ1v) is 8.98. The Balaban J connectivity index is 2.25. The van der Waals surface area contributed by atoms with E-state index in [-0.39, 0.29) is 17.5 Å². The second-order valence-corrected chi connectivity index (χ2v) is 7.91. The van der Waals surface area contributed by atoms with Gasteiger partial charge in [0.05, 0.1) is 5.25 Å². The number of rotatable bonds is 3. The zero-order valence-electron chi connectivity index (χ0n) is 12.3. The minimum atomic E-state index is -3.21. The van der Waals surface area contributed by atoms with E-state index in [2.05, 4.69) is 0 Å². The fourth-order valence-electron chi connectivity index (χ4n) is 3.00. The van der Waals surface area contributed by atoms with Crippen LogP contribution in [0.5, 0.6) is 0 Å². The number of sulfone groups is 1. The summed E-state index contributed by atoms with van der Waals surface area (Å²) in [6.07, 6.45) is 4.21. The van der Waals surface area contributed by atoms with E-state index in [0.29, 0.717) is 12.8 Å². The maximum absolute atomic E-state index is 13.2. The second-order valence-electron chi connectivity index (χ2n) is 5.65. The van der Waals surface area contributed by atoms with E-state index >= 15 is 0 Å². The largest absolute Gasteiger partial charge is 0.337 e. The highest BCUT2D eigenvalue weighted by Gasteiger charge is 2.37. The third kappa shape index (κ3) is 3.61. The Kier molecular flexibility index (Phi) is 4.66. The fourth-order valence-corrected chi connectivity index (χ4v) is 4.48. The predicted molar refractivity (Wildman–Crippen MR) is 79.4 cm³/mol. The van der Waals surface area contributed by atoms with Crippen molar-refractivity contribution in [2.45, 2.75) is 37.0 Å². The SMILES string of the molecule is CN(C(=O)c1cccc(F)c1)[C@H]1CCCC[C@H]1S(C)(=O)=O. The molecule has 1 amide bonds. The molecule has 0 radical (unpaired) electrons. The molecule has 1 aliphatic rings. The molecule has 6 heteroatoms. The number of carbonyl (C=O) groups excluding carboxylic acids is 1. The first-order valence-electron chi connectivity index (χ1n) is 7.02. The smallest absolute Gasteiger partial charge is 0.253 e. The summed E-state index contributed by atoms with van der Waals surface area (Å²) in [6, 6.07) is 5.13. The van der Waals surface area contributed by atoms with Gasteiger partial charge in [0, 0.05) is 24.9 Å². The molecule has 0 spiro atoms. The van der Waals surface area contributed by atoms with Crippen LogP contribution in [0.3, 0.4) is 0 Å². The van der Waals surface area contributed by atoms with Crippen molar-refractivity contribution in [2.75, 3.05) is 13.3 Å². The Bertz CT molecular complexity index is 630. The summed E-state index contributed by atoms with van der Waals surface area (Å²) in [5.41, 5.74) is 0.246. The summed E-state index contributed by atoms with van der Waals surface area (Å²) >= 11 is 0. The van der Waals surface area contributed by atoms with Crippen LogP contribution in [-0.4, -0.2) is 43.8 Å². The first kappa shape index (κ1) is 15.9. The normalized spacial score (nSPS) is 22.8. The molecule has 2 rings (SSSR count). The number of benzene rings is 1. The van der Waals surface area contributed by atoms with Gasteiger partial charge in [-0.3, -0.25) is 4.79 Å². The van der Waals surface area contributed by atoms with Gasteiger partial charge in [-0.1, -0.05) is 18.9 Å². The van der Waals surface area contributed by atoms with Gasteiger partial charge in [0.25, 0.3) is 5.91 Å². The zero-order valence-corrected chi connectivity index (χ0v) is 13.1. The lowest BCUT2D eigenvalue weighted by atomic mass is 9.93. The van der Waals surface area contributed by atoms with E-state index in [1.165, 1.54) is 29.4 Å². The van der Waals surface area contributed by atoms with Crippen molar-refractivity contribution in [2.24, 2.45) is 0 Å².